The highest BCUT2D eigenvalue weighted by Gasteiger charge is 2.41. The number of rotatable bonds is 13. The summed E-state index contributed by atoms with van der Waals surface area (Å²) >= 11 is 0. The molecule has 1 amide bonds. The molecule has 180 valence electrons. The maximum absolute atomic E-state index is 11.6. The molecule has 1 atom stereocenters. The van der Waals surface area contributed by atoms with Gasteiger partial charge in [-0.3, -0.25) is 0 Å². The predicted octanol–water partition coefficient (Wildman–Crippen LogP) is 5.36. The van der Waals surface area contributed by atoms with Gasteiger partial charge in [0.2, 0.25) is 0 Å². The third-order valence-corrected chi connectivity index (χ3v) is 6.17. The van der Waals surface area contributed by atoms with E-state index in [-0.39, 0.29) is 31.8 Å². The van der Waals surface area contributed by atoms with Gasteiger partial charge >= 0.3 is 12.1 Å². The quantitative estimate of drug-likeness (QED) is 0.250. The second-order valence-electron chi connectivity index (χ2n) is 9.26. The first-order chi connectivity index (χ1) is 15.0. The van der Waals surface area contributed by atoms with Crippen LogP contribution in [0.25, 0.3) is 0 Å². The predicted molar refractivity (Wildman–Crippen MR) is 128 cm³/mol. The summed E-state index contributed by atoms with van der Waals surface area (Å²) in [6.45, 7) is 20.1. The molecule has 1 aromatic rings. The molecule has 0 fully saturated rings. The van der Waals surface area contributed by atoms with Gasteiger partial charge in [0.25, 0.3) is 0 Å². The molecule has 0 aliphatic rings. The zero-order valence-corrected chi connectivity index (χ0v) is 20.8. The number of ether oxygens (including phenoxy) is 3. The third-order valence-electron chi connectivity index (χ3n) is 6.17. The molecule has 0 saturated heterocycles. The summed E-state index contributed by atoms with van der Waals surface area (Å²) in [5.74, 6) is 2.42. The van der Waals surface area contributed by atoms with Crippen LogP contribution in [0.15, 0.2) is 36.9 Å². The van der Waals surface area contributed by atoms with Crippen LogP contribution in [0.5, 0.6) is 5.75 Å². The lowest BCUT2D eigenvalue weighted by atomic mass is 9.58. The van der Waals surface area contributed by atoms with E-state index in [1.165, 1.54) is 5.56 Å². The van der Waals surface area contributed by atoms with Crippen LogP contribution >= 0.6 is 0 Å². The summed E-state index contributed by atoms with van der Waals surface area (Å²) in [5.41, 5.74) is 1.38. The number of hydrogen-bond donors (Lipinski definition) is 1. The average molecular weight is 448 g/mol. The van der Waals surface area contributed by atoms with Crippen molar-refractivity contribution in [2.45, 2.75) is 53.9 Å². The molecule has 0 saturated carbocycles. The largest absolute Gasteiger partial charge is 0.490 e. The topological polar surface area (TPSA) is 73.9 Å². The van der Waals surface area contributed by atoms with Crippen molar-refractivity contribution in [3.63, 3.8) is 0 Å². The summed E-state index contributed by atoms with van der Waals surface area (Å²) in [4.78, 5) is 22.5. The minimum absolute atomic E-state index is 0.0576. The van der Waals surface area contributed by atoms with Crippen molar-refractivity contribution in [3.05, 3.63) is 42.5 Å². The highest BCUT2D eigenvalue weighted by atomic mass is 16.6. The van der Waals surface area contributed by atoms with Crippen molar-refractivity contribution in [1.29, 1.82) is 0 Å². The summed E-state index contributed by atoms with van der Waals surface area (Å²) in [6, 6.07) is 8.29. The van der Waals surface area contributed by atoms with Crippen molar-refractivity contribution in [2.75, 3.05) is 26.4 Å². The molecule has 0 radical (unpaired) electrons. The molecule has 6 heteroatoms. The SMILES string of the molecule is C=CC(=O)OCCNC(=O)OCCOc1ccc(C(C)(C(C)C)C(C(C)C)C(C)C)cc1. The molecular weight excluding hydrogens is 406 g/mol. The Bertz CT molecular complexity index is 718. The van der Waals surface area contributed by atoms with Crippen LogP contribution in [-0.2, 0) is 19.7 Å². The van der Waals surface area contributed by atoms with Crippen LogP contribution in [0.2, 0.25) is 0 Å². The zero-order chi connectivity index (χ0) is 24.3. The van der Waals surface area contributed by atoms with E-state index in [1.54, 1.807) is 0 Å². The molecule has 1 rings (SSSR count). The lowest BCUT2D eigenvalue weighted by molar-refractivity contribution is -0.137. The van der Waals surface area contributed by atoms with Gasteiger partial charge in [-0.25, -0.2) is 9.59 Å². The van der Waals surface area contributed by atoms with Crippen LogP contribution in [0, 0.1) is 23.7 Å². The molecule has 0 aliphatic heterocycles. The monoisotopic (exact) mass is 447 g/mol. The van der Waals surface area contributed by atoms with E-state index >= 15 is 0 Å². The molecule has 0 heterocycles. The summed E-state index contributed by atoms with van der Waals surface area (Å²) in [6.07, 6.45) is 0.484. The van der Waals surface area contributed by atoms with Crippen LogP contribution in [0.3, 0.4) is 0 Å². The minimum Gasteiger partial charge on any atom is -0.490 e. The Morgan fingerprint density at radius 1 is 0.969 bits per heavy atom. The van der Waals surface area contributed by atoms with Crippen LogP contribution in [0.1, 0.15) is 54.0 Å². The first-order valence-electron chi connectivity index (χ1n) is 11.5. The lowest BCUT2D eigenvalue weighted by Crippen LogP contribution is -2.42. The van der Waals surface area contributed by atoms with E-state index in [0.29, 0.717) is 23.7 Å². The molecule has 0 aromatic heterocycles. The molecule has 0 aliphatic carbocycles. The maximum atomic E-state index is 11.6. The van der Waals surface area contributed by atoms with Crippen LogP contribution in [0.4, 0.5) is 4.79 Å². The summed E-state index contributed by atoms with van der Waals surface area (Å²) in [5, 5.41) is 2.50. The average Bonchev–Trinajstić information content (AvgIpc) is 2.73. The molecule has 32 heavy (non-hydrogen) atoms. The van der Waals surface area contributed by atoms with E-state index in [4.69, 9.17) is 14.2 Å². The number of carbonyl (C=O) groups excluding carboxylic acids is 2. The van der Waals surface area contributed by atoms with Gasteiger partial charge in [0.05, 0.1) is 6.54 Å². The highest BCUT2D eigenvalue weighted by Crippen LogP contribution is 2.46. The zero-order valence-electron chi connectivity index (χ0n) is 20.8. The maximum Gasteiger partial charge on any atom is 0.407 e. The Balaban J connectivity index is 2.57. The van der Waals surface area contributed by atoms with Gasteiger partial charge in [0, 0.05) is 6.08 Å². The highest BCUT2D eigenvalue weighted by molar-refractivity contribution is 5.81. The Morgan fingerprint density at radius 2 is 1.56 bits per heavy atom. The number of nitrogens with one attached hydrogen (secondary N) is 1. The number of carbonyl (C=O) groups is 2. The molecule has 1 aromatic carbocycles. The van der Waals surface area contributed by atoms with Crippen molar-refractivity contribution in [2.24, 2.45) is 23.7 Å². The van der Waals surface area contributed by atoms with Gasteiger partial charge in [-0.2, -0.15) is 0 Å². The molecule has 1 unspecified atom stereocenters. The van der Waals surface area contributed by atoms with Crippen molar-refractivity contribution in [3.8, 4) is 5.75 Å². The normalized spacial score (nSPS) is 13.2. The first kappa shape index (κ1) is 27.5. The van der Waals surface area contributed by atoms with Gasteiger partial charge in [-0.1, -0.05) is 67.2 Å². The standard InChI is InChI=1S/C26H41NO5/c1-9-23(28)31-15-14-27-25(29)32-17-16-30-22-12-10-21(11-13-22)26(8,20(6)7)24(18(2)3)19(4)5/h9-13,18-20,24H,1,14-17H2,2-8H3,(H,27,29). The smallest absolute Gasteiger partial charge is 0.407 e. The van der Waals surface area contributed by atoms with Crippen molar-refractivity contribution < 1.29 is 23.8 Å². The number of hydrogen-bond acceptors (Lipinski definition) is 5. The van der Waals surface area contributed by atoms with Gasteiger partial charge in [-0.15, -0.1) is 0 Å². The lowest BCUT2D eigenvalue weighted by Gasteiger charge is -2.46. The first-order valence-corrected chi connectivity index (χ1v) is 11.5. The fourth-order valence-electron chi connectivity index (χ4n) is 4.68. The summed E-state index contributed by atoms with van der Waals surface area (Å²) in [7, 11) is 0. The van der Waals surface area contributed by atoms with Crippen molar-refractivity contribution in [1.82, 2.24) is 5.32 Å². The van der Waals surface area contributed by atoms with E-state index in [1.807, 2.05) is 12.1 Å². The molecule has 6 nitrogen and oxygen atoms in total. The Kier molecular flexibility index (Phi) is 11.3. The summed E-state index contributed by atoms with van der Waals surface area (Å²) < 4.78 is 15.5. The Morgan fingerprint density at radius 3 is 2.06 bits per heavy atom. The van der Waals surface area contributed by atoms with E-state index in [9.17, 15) is 9.59 Å². The van der Waals surface area contributed by atoms with Crippen LogP contribution < -0.4 is 10.1 Å². The fraction of sp³-hybridized carbons (Fsp3) is 0.615. The second kappa shape index (κ2) is 13.1. The number of esters is 1. The molecular formula is C26H41NO5. The van der Waals surface area contributed by atoms with Crippen molar-refractivity contribution >= 4 is 12.1 Å². The molecule has 0 bridgehead atoms. The molecule has 0 spiro atoms. The van der Waals surface area contributed by atoms with Crippen LogP contribution in [-0.4, -0.2) is 38.4 Å². The van der Waals surface area contributed by atoms with E-state index in [0.717, 1.165) is 11.8 Å². The fourth-order valence-corrected chi connectivity index (χ4v) is 4.68. The second-order valence-corrected chi connectivity index (χ2v) is 9.26. The Labute approximate surface area is 193 Å². The Hall–Kier alpha value is -2.50. The van der Waals surface area contributed by atoms with Gasteiger partial charge < -0.3 is 19.5 Å². The van der Waals surface area contributed by atoms with Gasteiger partial charge in [-0.05, 0) is 46.8 Å². The van der Waals surface area contributed by atoms with Gasteiger partial charge in [0.1, 0.15) is 25.6 Å². The third kappa shape index (κ3) is 7.88. The van der Waals surface area contributed by atoms with E-state index < -0.39 is 12.1 Å². The number of amides is 1. The minimum atomic E-state index is -0.584. The van der Waals surface area contributed by atoms with E-state index in [2.05, 4.69) is 72.5 Å². The van der Waals surface area contributed by atoms with Gasteiger partial charge in [0.15, 0.2) is 0 Å². The number of benzene rings is 1. The number of alkyl carbamates (subject to hydrolysis) is 1. The molecule has 1 N–H and O–H groups in total.